The maximum atomic E-state index is 0. The minimum absolute atomic E-state index is 0. The van der Waals surface area contributed by atoms with Crippen molar-refractivity contribution in [1.82, 2.24) is 0 Å². The van der Waals surface area contributed by atoms with Crippen molar-refractivity contribution in [3.8, 4) is 0 Å². The number of rotatable bonds is 0. The Morgan fingerprint density at radius 2 is 0.400 bits per heavy atom. The van der Waals surface area contributed by atoms with E-state index in [1.165, 1.54) is 0 Å². The van der Waals surface area contributed by atoms with Crippen LogP contribution in [0.15, 0.2) is 0 Å². The van der Waals surface area contributed by atoms with Crippen molar-refractivity contribution in [1.29, 1.82) is 0 Å². The molecule has 0 heterocycles. The summed E-state index contributed by atoms with van der Waals surface area (Å²) in [6.45, 7) is 0. The van der Waals surface area contributed by atoms with Gasteiger partial charge in [-0.25, -0.2) is 0 Å². The number of hydrogen-bond acceptors (Lipinski definition) is 0. The third-order valence-electron chi connectivity index (χ3n) is 0. The summed E-state index contributed by atoms with van der Waals surface area (Å²) in [5.74, 6) is 0. The smallest absolute Gasteiger partial charge is 0 e. The maximum Gasteiger partial charge on any atom is 0.187 e. The Labute approximate surface area is 84.1 Å². The first kappa shape index (κ1) is 49.2. The molecule has 0 bridgehead atoms. The molecule has 0 saturated carbocycles. The molecule has 0 aliphatic rings. The summed E-state index contributed by atoms with van der Waals surface area (Å²) >= 11 is 0. The second-order valence-corrected chi connectivity index (χ2v) is 0. The molecule has 39 valence electrons. The van der Waals surface area contributed by atoms with Gasteiger partial charge in [-0.3, -0.25) is 0 Å². The van der Waals surface area contributed by atoms with E-state index in [0.717, 1.165) is 0 Å². The Kier molecular flexibility index (Phi) is 303. The first-order chi connectivity index (χ1) is 0. The van der Waals surface area contributed by atoms with Gasteiger partial charge in [0.25, 0.3) is 0 Å². The molecule has 0 aliphatic heterocycles. The monoisotopic (exact) mass is 237 g/mol. The van der Waals surface area contributed by atoms with E-state index in [-0.39, 0.29) is 85.1 Å². The quantitative estimate of drug-likeness (QED) is 0.413. The second-order valence-electron chi connectivity index (χ2n) is 0. The molecule has 0 amide bonds. The van der Waals surface area contributed by atoms with E-state index in [2.05, 4.69) is 0 Å². The third kappa shape index (κ3) is 20.7. The summed E-state index contributed by atoms with van der Waals surface area (Å²) in [7, 11) is 0. The zero-order valence-corrected chi connectivity index (χ0v) is 4.12. The first-order valence-electron chi connectivity index (χ1n) is 0. The molecule has 0 aromatic carbocycles. The molecule has 5 heteroatoms. The van der Waals surface area contributed by atoms with Gasteiger partial charge in [0.1, 0.15) is 0 Å². The van der Waals surface area contributed by atoms with Gasteiger partial charge in [0, 0.05) is 50.3 Å². The van der Waals surface area contributed by atoms with Crippen LogP contribution in [0, 0.1) is 0 Å². The fraction of sp³-hybridized carbons (Fsp3) is 0. The van der Waals surface area contributed by atoms with Crippen LogP contribution in [0.1, 0.15) is 0 Å². The fourth-order valence-corrected chi connectivity index (χ4v) is 0. The van der Waals surface area contributed by atoms with E-state index in [1.54, 1.807) is 0 Å². The van der Waals surface area contributed by atoms with Gasteiger partial charge in [0.15, 0.2) is 34.7 Å². The van der Waals surface area contributed by atoms with E-state index in [9.17, 15) is 0 Å². The van der Waals surface area contributed by atoms with Crippen molar-refractivity contribution in [3.63, 3.8) is 0 Å². The van der Waals surface area contributed by atoms with Gasteiger partial charge < -0.3 is 0 Å². The molecule has 0 saturated heterocycles. The van der Waals surface area contributed by atoms with Crippen LogP contribution in [0.2, 0.25) is 0 Å². The largest absolute Gasteiger partial charge is 0.187 e. The Bertz CT molecular complexity index is 4.85. The maximum absolute atomic E-state index is 0. The average molecular weight is 237 g/mol. The van der Waals surface area contributed by atoms with Crippen molar-refractivity contribution in [3.05, 3.63) is 0 Å². The van der Waals surface area contributed by atoms with Crippen molar-refractivity contribution in [2.45, 2.75) is 0 Å². The van der Waals surface area contributed by atoms with E-state index in [0.29, 0.717) is 0 Å². The van der Waals surface area contributed by atoms with E-state index in [4.69, 9.17) is 0 Å². The molecule has 0 N–H and O–H groups in total. The third-order valence-corrected chi connectivity index (χ3v) is 0. The summed E-state index contributed by atoms with van der Waals surface area (Å²) < 4.78 is 0. The predicted molar refractivity (Wildman–Crippen MR) is 19.9 cm³/mol. The van der Waals surface area contributed by atoms with Crippen LogP contribution < -0.4 is 0 Å². The fourth-order valence-electron chi connectivity index (χ4n) is 0. The Balaban J connectivity index is 0. The van der Waals surface area contributed by atoms with Crippen molar-refractivity contribution in [2.24, 2.45) is 0 Å². The summed E-state index contributed by atoms with van der Waals surface area (Å²) in [6, 6.07) is 0. The molecular weight excluding hydrogens is 231 g/mol. The van der Waals surface area contributed by atoms with Crippen molar-refractivity contribution in [2.75, 3.05) is 0 Å². The molecule has 0 spiro atoms. The average Bonchev–Trinajstić information content (AvgIpc) is 0. The van der Waals surface area contributed by atoms with Gasteiger partial charge in [0.2, 0.25) is 0 Å². The van der Waals surface area contributed by atoms with Crippen LogP contribution in [0.5, 0.6) is 0 Å². The van der Waals surface area contributed by atoms with Gasteiger partial charge in [0.05, 0.1) is 0 Å². The van der Waals surface area contributed by atoms with Crippen molar-refractivity contribution >= 4 is 34.7 Å². The zero-order valence-electron chi connectivity index (χ0n) is 1.00. The van der Waals surface area contributed by atoms with Gasteiger partial charge >= 0.3 is 0 Å². The topological polar surface area (TPSA) is 0 Å². The van der Waals surface area contributed by atoms with Crippen LogP contribution in [-0.4, -0.2) is 34.7 Å². The van der Waals surface area contributed by atoms with Crippen LogP contribution in [-0.2, 0) is 50.3 Å². The van der Waals surface area contributed by atoms with Crippen LogP contribution >= 0.6 is 0 Å². The molecule has 0 nitrogen and oxygen atoms in total. The van der Waals surface area contributed by atoms with Crippen LogP contribution in [0.25, 0.3) is 0 Å². The Morgan fingerprint density at radius 1 is 0.400 bits per heavy atom. The standard InChI is InChI=1S/2Al.3Co.6H. The van der Waals surface area contributed by atoms with Gasteiger partial charge in [-0.05, 0) is 0 Å². The zero-order chi connectivity index (χ0) is 0. The summed E-state index contributed by atoms with van der Waals surface area (Å²) in [4.78, 5) is 0. The van der Waals surface area contributed by atoms with Crippen LogP contribution in [0.3, 0.4) is 0 Å². The van der Waals surface area contributed by atoms with Gasteiger partial charge in [-0.15, -0.1) is 0 Å². The van der Waals surface area contributed by atoms with E-state index < -0.39 is 0 Å². The summed E-state index contributed by atoms with van der Waals surface area (Å²) in [5.41, 5.74) is 0. The van der Waals surface area contributed by atoms with Gasteiger partial charge in [-0.1, -0.05) is 0 Å². The SMILES string of the molecule is [AlH3].[AlH3].[Co].[Co].[Co]. The van der Waals surface area contributed by atoms with E-state index >= 15 is 0 Å². The van der Waals surface area contributed by atoms with E-state index in [1.807, 2.05) is 0 Å². The minimum atomic E-state index is 0. The van der Waals surface area contributed by atoms with Gasteiger partial charge in [-0.2, -0.15) is 0 Å². The summed E-state index contributed by atoms with van der Waals surface area (Å²) in [6.07, 6.45) is 0. The van der Waals surface area contributed by atoms with Crippen LogP contribution in [0.4, 0.5) is 0 Å². The summed E-state index contributed by atoms with van der Waals surface area (Å²) in [5, 5.41) is 0. The molecule has 0 aliphatic carbocycles. The van der Waals surface area contributed by atoms with Crippen molar-refractivity contribution < 1.29 is 50.3 Å². The molecular formula is H6Al2Co3. The first-order valence-corrected chi connectivity index (χ1v) is 0. The normalized spacial score (nSPS) is 0. The molecule has 0 fully saturated rings. The molecule has 3 radical (unpaired) electrons. The molecule has 0 aromatic rings. The molecule has 0 aromatic heterocycles. The second kappa shape index (κ2) is 30.7. The minimum Gasteiger partial charge on any atom is 0 e. The Hall–Kier alpha value is 2.58. The number of hydrogen-bond donors (Lipinski definition) is 0. The molecule has 5 heavy (non-hydrogen) atoms. The predicted octanol–water partition coefficient (Wildman–Crippen LogP) is -2.38. The molecule has 0 rings (SSSR count). The molecule has 0 unspecified atom stereocenters. The molecule has 0 atom stereocenters. The Morgan fingerprint density at radius 3 is 0.400 bits per heavy atom.